The Morgan fingerprint density at radius 2 is 2.00 bits per heavy atom. The van der Waals surface area contributed by atoms with Gasteiger partial charge < -0.3 is 15.5 Å². The highest BCUT2D eigenvalue weighted by molar-refractivity contribution is 5.79. The second-order valence-electron chi connectivity index (χ2n) is 6.66. The number of rotatable bonds is 6. The topological polar surface area (TPSA) is 44.4 Å². The Labute approximate surface area is 123 Å². The molecule has 0 aromatic rings. The number of carbonyl (C=O) groups excluding carboxylic acids is 1. The summed E-state index contributed by atoms with van der Waals surface area (Å²) in [7, 11) is 2.24. The third-order valence-corrected chi connectivity index (χ3v) is 5.04. The molecule has 1 saturated heterocycles. The molecule has 1 heterocycles. The van der Waals surface area contributed by atoms with Gasteiger partial charge in [0.15, 0.2) is 0 Å². The van der Waals surface area contributed by atoms with E-state index in [1.165, 1.54) is 32.1 Å². The molecule has 116 valence electrons. The minimum Gasteiger partial charge on any atom is -0.356 e. The fourth-order valence-electron chi connectivity index (χ4n) is 3.54. The normalized spacial score (nSPS) is 27.9. The van der Waals surface area contributed by atoms with Crippen molar-refractivity contribution in [2.24, 2.45) is 11.8 Å². The zero-order valence-electron chi connectivity index (χ0n) is 13.2. The fourth-order valence-corrected chi connectivity index (χ4v) is 3.54. The maximum Gasteiger partial charge on any atom is 0.224 e. The Bertz CT molecular complexity index is 302. The Hall–Kier alpha value is -0.610. The lowest BCUT2D eigenvalue weighted by Gasteiger charge is -2.31. The lowest BCUT2D eigenvalue weighted by molar-refractivity contribution is -0.125. The zero-order valence-corrected chi connectivity index (χ0v) is 13.2. The number of hydrogen-bond donors (Lipinski definition) is 2. The third kappa shape index (κ3) is 4.45. The number of hydrogen-bond acceptors (Lipinski definition) is 3. The SMILES string of the molecule is CC1CNCC1C(=O)NCCCN(C)C1CCCCC1. The van der Waals surface area contributed by atoms with E-state index < -0.39 is 0 Å². The molecule has 1 aliphatic heterocycles. The van der Waals surface area contributed by atoms with Crippen molar-refractivity contribution in [1.82, 2.24) is 15.5 Å². The van der Waals surface area contributed by atoms with Crippen LogP contribution >= 0.6 is 0 Å². The number of nitrogens with one attached hydrogen (secondary N) is 2. The molecule has 1 saturated carbocycles. The van der Waals surface area contributed by atoms with E-state index in [1.807, 2.05) is 0 Å². The van der Waals surface area contributed by atoms with Gasteiger partial charge in [-0.25, -0.2) is 0 Å². The van der Waals surface area contributed by atoms with Gasteiger partial charge in [0.1, 0.15) is 0 Å². The average Bonchev–Trinajstić information content (AvgIpc) is 2.90. The van der Waals surface area contributed by atoms with Gasteiger partial charge in [-0.1, -0.05) is 26.2 Å². The van der Waals surface area contributed by atoms with Crippen LogP contribution in [-0.4, -0.2) is 50.1 Å². The first-order valence-electron chi connectivity index (χ1n) is 8.37. The molecule has 2 aliphatic rings. The lowest BCUT2D eigenvalue weighted by Crippen LogP contribution is -2.38. The lowest BCUT2D eigenvalue weighted by atomic mass is 9.94. The standard InChI is InChI=1S/C16H31N3O/c1-13-11-17-12-15(13)16(20)18-9-6-10-19(2)14-7-4-3-5-8-14/h13-15,17H,3-12H2,1-2H3,(H,18,20). The van der Waals surface area contributed by atoms with E-state index in [4.69, 9.17) is 0 Å². The van der Waals surface area contributed by atoms with Crippen molar-refractivity contribution in [3.05, 3.63) is 0 Å². The molecule has 4 heteroatoms. The van der Waals surface area contributed by atoms with E-state index in [0.717, 1.165) is 38.6 Å². The van der Waals surface area contributed by atoms with Crippen LogP contribution in [0.3, 0.4) is 0 Å². The van der Waals surface area contributed by atoms with Gasteiger partial charge in [0.25, 0.3) is 0 Å². The van der Waals surface area contributed by atoms with Crippen LogP contribution in [0, 0.1) is 11.8 Å². The highest BCUT2D eigenvalue weighted by Crippen LogP contribution is 2.21. The Kier molecular flexibility index (Phi) is 6.30. The molecule has 0 aromatic carbocycles. The van der Waals surface area contributed by atoms with Crippen molar-refractivity contribution < 1.29 is 4.79 Å². The summed E-state index contributed by atoms with van der Waals surface area (Å²) in [6.45, 7) is 5.89. The van der Waals surface area contributed by atoms with Crippen molar-refractivity contribution in [2.75, 3.05) is 33.2 Å². The van der Waals surface area contributed by atoms with Crippen LogP contribution in [0.25, 0.3) is 0 Å². The van der Waals surface area contributed by atoms with Crippen LogP contribution in [0.15, 0.2) is 0 Å². The quantitative estimate of drug-likeness (QED) is 0.727. The van der Waals surface area contributed by atoms with Gasteiger partial charge >= 0.3 is 0 Å². The predicted octanol–water partition coefficient (Wildman–Crippen LogP) is 1.61. The van der Waals surface area contributed by atoms with Crippen molar-refractivity contribution >= 4 is 5.91 Å². The summed E-state index contributed by atoms with van der Waals surface area (Å²) < 4.78 is 0. The molecular weight excluding hydrogens is 250 g/mol. The maximum atomic E-state index is 12.0. The van der Waals surface area contributed by atoms with Crippen LogP contribution < -0.4 is 10.6 Å². The summed E-state index contributed by atoms with van der Waals surface area (Å²) in [6.07, 6.45) is 7.96. The third-order valence-electron chi connectivity index (χ3n) is 5.04. The summed E-state index contributed by atoms with van der Waals surface area (Å²) in [5.41, 5.74) is 0. The highest BCUT2D eigenvalue weighted by atomic mass is 16.1. The first kappa shape index (κ1) is 15.8. The molecule has 0 radical (unpaired) electrons. The molecule has 2 rings (SSSR count). The first-order valence-corrected chi connectivity index (χ1v) is 8.37. The maximum absolute atomic E-state index is 12.0. The second-order valence-corrected chi connectivity index (χ2v) is 6.66. The summed E-state index contributed by atoms with van der Waals surface area (Å²) in [5.74, 6) is 0.883. The van der Waals surface area contributed by atoms with Crippen LogP contribution in [-0.2, 0) is 4.79 Å². The van der Waals surface area contributed by atoms with E-state index in [-0.39, 0.29) is 11.8 Å². The highest BCUT2D eigenvalue weighted by Gasteiger charge is 2.29. The minimum atomic E-state index is 0.172. The molecule has 0 bridgehead atoms. The number of amides is 1. The molecule has 2 N–H and O–H groups in total. The Morgan fingerprint density at radius 3 is 2.65 bits per heavy atom. The molecule has 1 amide bonds. The van der Waals surface area contributed by atoms with Gasteiger partial charge in [0, 0.05) is 19.1 Å². The first-order chi connectivity index (χ1) is 9.68. The Balaban J connectivity index is 1.57. The fraction of sp³-hybridized carbons (Fsp3) is 0.938. The van der Waals surface area contributed by atoms with Crippen molar-refractivity contribution in [1.29, 1.82) is 0 Å². The molecule has 1 aliphatic carbocycles. The Morgan fingerprint density at radius 1 is 1.25 bits per heavy atom. The molecule has 2 atom stereocenters. The van der Waals surface area contributed by atoms with Crippen LogP contribution in [0.2, 0.25) is 0 Å². The second kappa shape index (κ2) is 7.99. The van der Waals surface area contributed by atoms with E-state index in [9.17, 15) is 4.79 Å². The van der Waals surface area contributed by atoms with Crippen LogP contribution in [0.4, 0.5) is 0 Å². The molecule has 4 nitrogen and oxygen atoms in total. The minimum absolute atomic E-state index is 0.172. The molecule has 2 fully saturated rings. The smallest absolute Gasteiger partial charge is 0.224 e. The van der Waals surface area contributed by atoms with E-state index in [2.05, 4.69) is 29.5 Å². The van der Waals surface area contributed by atoms with Crippen molar-refractivity contribution in [3.63, 3.8) is 0 Å². The predicted molar refractivity (Wildman–Crippen MR) is 82.7 cm³/mol. The van der Waals surface area contributed by atoms with E-state index >= 15 is 0 Å². The van der Waals surface area contributed by atoms with Gasteiger partial charge in [0.05, 0.1) is 5.92 Å². The summed E-state index contributed by atoms with van der Waals surface area (Å²) >= 11 is 0. The van der Waals surface area contributed by atoms with E-state index in [1.54, 1.807) is 0 Å². The van der Waals surface area contributed by atoms with Gasteiger partial charge in [-0.05, 0) is 45.3 Å². The molecular formula is C16H31N3O. The summed E-state index contributed by atoms with van der Waals surface area (Å²) in [5, 5.41) is 6.39. The molecule has 0 aromatic heterocycles. The average molecular weight is 281 g/mol. The van der Waals surface area contributed by atoms with Gasteiger partial charge in [-0.15, -0.1) is 0 Å². The molecule has 2 unspecified atom stereocenters. The van der Waals surface area contributed by atoms with Crippen molar-refractivity contribution in [3.8, 4) is 0 Å². The van der Waals surface area contributed by atoms with Gasteiger partial charge in [-0.3, -0.25) is 4.79 Å². The van der Waals surface area contributed by atoms with Crippen LogP contribution in [0.5, 0.6) is 0 Å². The molecule has 0 spiro atoms. The van der Waals surface area contributed by atoms with Crippen LogP contribution in [0.1, 0.15) is 45.4 Å². The van der Waals surface area contributed by atoms with Crippen molar-refractivity contribution in [2.45, 2.75) is 51.5 Å². The molecule has 20 heavy (non-hydrogen) atoms. The number of nitrogens with zero attached hydrogens (tertiary/aromatic N) is 1. The zero-order chi connectivity index (χ0) is 14.4. The summed E-state index contributed by atoms with van der Waals surface area (Å²) in [6, 6.07) is 0.776. The monoisotopic (exact) mass is 281 g/mol. The number of carbonyl (C=O) groups is 1. The van der Waals surface area contributed by atoms with E-state index in [0.29, 0.717) is 5.92 Å². The van der Waals surface area contributed by atoms with Gasteiger partial charge in [0.2, 0.25) is 5.91 Å². The largest absolute Gasteiger partial charge is 0.356 e. The summed E-state index contributed by atoms with van der Waals surface area (Å²) in [4.78, 5) is 14.5. The van der Waals surface area contributed by atoms with Gasteiger partial charge in [-0.2, -0.15) is 0 Å².